The number of benzene rings is 2. The Bertz CT molecular complexity index is 982. The highest BCUT2D eigenvalue weighted by Crippen LogP contribution is 2.30. The van der Waals surface area contributed by atoms with Gasteiger partial charge in [-0.2, -0.15) is 5.10 Å². The van der Waals surface area contributed by atoms with Gasteiger partial charge in [0.1, 0.15) is 12.4 Å². The molecule has 0 saturated heterocycles. The predicted molar refractivity (Wildman–Crippen MR) is 109 cm³/mol. The molecule has 1 unspecified atom stereocenters. The van der Waals surface area contributed by atoms with E-state index in [0.717, 1.165) is 30.4 Å². The molecule has 2 aromatic carbocycles. The van der Waals surface area contributed by atoms with Gasteiger partial charge in [-0.25, -0.2) is 0 Å². The van der Waals surface area contributed by atoms with Crippen LogP contribution in [0, 0.1) is 0 Å². The second-order valence-electron chi connectivity index (χ2n) is 7.00. The second kappa shape index (κ2) is 8.07. The summed E-state index contributed by atoms with van der Waals surface area (Å²) >= 11 is 5.93. The smallest absolute Gasteiger partial charge is 0.255 e. The molecule has 1 N–H and O–H groups in total. The maximum atomic E-state index is 13.0. The lowest BCUT2D eigenvalue weighted by Gasteiger charge is -2.24. The lowest BCUT2D eigenvalue weighted by Crippen LogP contribution is -2.31. The van der Waals surface area contributed by atoms with Crippen LogP contribution in [0.25, 0.3) is 0 Å². The molecule has 1 aliphatic rings. The fourth-order valence-electron chi connectivity index (χ4n) is 3.61. The first-order valence-corrected chi connectivity index (χ1v) is 9.77. The topological polar surface area (TPSA) is 56.2 Å². The van der Waals surface area contributed by atoms with E-state index in [1.807, 2.05) is 60.4 Å². The van der Waals surface area contributed by atoms with E-state index in [0.29, 0.717) is 22.9 Å². The highest BCUT2D eigenvalue weighted by atomic mass is 35.5. The van der Waals surface area contributed by atoms with Crippen LogP contribution in [0.5, 0.6) is 5.75 Å². The number of carbonyl (C=O) groups excluding carboxylic acids is 1. The number of nitrogens with one attached hydrogen (secondary N) is 1. The minimum absolute atomic E-state index is 0.0192. The summed E-state index contributed by atoms with van der Waals surface area (Å²) in [4.78, 5) is 13.0. The number of carbonyl (C=O) groups is 1. The molecule has 1 amide bonds. The third kappa shape index (κ3) is 3.90. The van der Waals surface area contributed by atoms with Crippen LogP contribution >= 0.6 is 11.6 Å². The summed E-state index contributed by atoms with van der Waals surface area (Å²) in [5, 5.41) is 8.19. The molecule has 0 radical (unpaired) electrons. The van der Waals surface area contributed by atoms with E-state index in [1.165, 1.54) is 5.69 Å². The van der Waals surface area contributed by atoms with Crippen LogP contribution in [0.3, 0.4) is 0 Å². The molecule has 0 saturated carbocycles. The van der Waals surface area contributed by atoms with Gasteiger partial charge in [0, 0.05) is 23.3 Å². The summed E-state index contributed by atoms with van der Waals surface area (Å²) in [5.74, 6) is 0.436. The van der Waals surface area contributed by atoms with Crippen molar-refractivity contribution in [2.45, 2.75) is 31.9 Å². The van der Waals surface area contributed by atoms with Crippen LogP contribution in [-0.4, -0.2) is 15.7 Å². The number of ether oxygens (including phenoxy) is 1. The van der Waals surface area contributed by atoms with Crippen molar-refractivity contribution in [3.05, 3.63) is 82.1 Å². The van der Waals surface area contributed by atoms with E-state index in [9.17, 15) is 4.79 Å². The Kier molecular flexibility index (Phi) is 5.35. The number of fused-ring (bicyclic) bond motifs is 1. The van der Waals surface area contributed by atoms with E-state index in [1.54, 1.807) is 6.07 Å². The molecule has 144 valence electrons. The molecule has 5 nitrogen and oxygen atoms in total. The number of aryl methyl sites for hydroxylation is 1. The number of halogens is 1. The number of aromatic nitrogens is 2. The number of nitrogens with zero attached hydrogens (tertiary/aromatic N) is 2. The van der Waals surface area contributed by atoms with Crippen molar-refractivity contribution in [2.75, 3.05) is 0 Å². The van der Waals surface area contributed by atoms with Crippen LogP contribution in [-0.2, 0) is 20.1 Å². The molecule has 1 aromatic heterocycles. The molecular formula is C22H22ClN3O2. The second-order valence-corrected chi connectivity index (χ2v) is 7.44. The highest BCUT2D eigenvalue weighted by molar-refractivity contribution is 6.30. The number of rotatable bonds is 5. The van der Waals surface area contributed by atoms with E-state index in [-0.39, 0.29) is 11.9 Å². The average Bonchev–Trinajstić information content (AvgIpc) is 3.10. The fraction of sp³-hybridized carbons (Fsp3) is 0.273. The van der Waals surface area contributed by atoms with Gasteiger partial charge in [-0.15, -0.1) is 0 Å². The van der Waals surface area contributed by atoms with Crippen LogP contribution < -0.4 is 10.1 Å². The minimum atomic E-state index is -0.131. The van der Waals surface area contributed by atoms with E-state index in [2.05, 4.69) is 10.4 Å². The third-order valence-corrected chi connectivity index (χ3v) is 5.37. The molecule has 28 heavy (non-hydrogen) atoms. The molecule has 1 atom stereocenters. The Hall–Kier alpha value is -2.79. The Morgan fingerprint density at radius 1 is 1.25 bits per heavy atom. The monoisotopic (exact) mass is 395 g/mol. The highest BCUT2D eigenvalue weighted by Gasteiger charge is 2.26. The minimum Gasteiger partial charge on any atom is -0.488 e. The zero-order valence-corrected chi connectivity index (χ0v) is 16.4. The average molecular weight is 396 g/mol. The quantitative estimate of drug-likeness (QED) is 0.693. The summed E-state index contributed by atoms with van der Waals surface area (Å²) in [6.45, 7) is 0.373. The molecular weight excluding hydrogens is 374 g/mol. The van der Waals surface area contributed by atoms with Gasteiger partial charge >= 0.3 is 0 Å². The largest absolute Gasteiger partial charge is 0.488 e. The van der Waals surface area contributed by atoms with Crippen LogP contribution in [0.15, 0.2) is 54.7 Å². The Morgan fingerprint density at radius 2 is 2.04 bits per heavy atom. The molecule has 3 aromatic rings. The van der Waals surface area contributed by atoms with Gasteiger partial charge in [0.25, 0.3) is 5.91 Å². The van der Waals surface area contributed by atoms with E-state index in [4.69, 9.17) is 16.3 Å². The lowest BCUT2D eigenvalue weighted by molar-refractivity contribution is 0.0928. The van der Waals surface area contributed by atoms with Gasteiger partial charge in [0.15, 0.2) is 0 Å². The lowest BCUT2D eigenvalue weighted by atomic mass is 9.92. The number of para-hydroxylation sites is 1. The SMILES string of the molecule is Cn1ncc2c1CCCC2NC(=O)c1ccccc1OCc1ccc(Cl)cc1. The van der Waals surface area contributed by atoms with Crippen molar-refractivity contribution in [3.63, 3.8) is 0 Å². The predicted octanol–water partition coefficient (Wildman–Crippen LogP) is 4.46. The van der Waals surface area contributed by atoms with Crippen molar-refractivity contribution >= 4 is 17.5 Å². The number of hydrogen-bond acceptors (Lipinski definition) is 3. The van der Waals surface area contributed by atoms with Crippen molar-refractivity contribution in [3.8, 4) is 5.75 Å². The van der Waals surface area contributed by atoms with Gasteiger partial charge in [-0.1, -0.05) is 35.9 Å². The zero-order chi connectivity index (χ0) is 19.5. The van der Waals surface area contributed by atoms with E-state index >= 15 is 0 Å². The summed E-state index contributed by atoms with van der Waals surface area (Å²) < 4.78 is 7.83. The third-order valence-electron chi connectivity index (χ3n) is 5.12. The summed E-state index contributed by atoms with van der Waals surface area (Å²) in [7, 11) is 1.95. The molecule has 4 rings (SSSR count). The molecule has 0 spiro atoms. The molecule has 1 heterocycles. The van der Waals surface area contributed by atoms with E-state index < -0.39 is 0 Å². The van der Waals surface area contributed by atoms with Gasteiger partial charge in [-0.3, -0.25) is 9.48 Å². The van der Waals surface area contributed by atoms with Gasteiger partial charge in [-0.05, 0) is 49.1 Å². The number of amides is 1. The first-order chi connectivity index (χ1) is 13.6. The molecule has 0 aliphatic heterocycles. The van der Waals surface area contributed by atoms with Gasteiger partial charge < -0.3 is 10.1 Å². The summed E-state index contributed by atoms with van der Waals surface area (Å²) in [6.07, 6.45) is 4.81. The maximum Gasteiger partial charge on any atom is 0.255 e. The van der Waals surface area contributed by atoms with Crippen molar-refractivity contribution in [1.29, 1.82) is 0 Å². The standard InChI is InChI=1S/C22H22ClN3O2/c1-26-20-7-4-6-19(18(20)13-24-26)25-22(27)17-5-2-3-8-21(17)28-14-15-9-11-16(23)12-10-15/h2-3,5,8-13,19H,4,6-7,14H2,1H3,(H,25,27). The van der Waals surface area contributed by atoms with Crippen molar-refractivity contribution < 1.29 is 9.53 Å². The fourth-order valence-corrected chi connectivity index (χ4v) is 3.74. The van der Waals surface area contributed by atoms with Gasteiger partial charge in [0.05, 0.1) is 17.8 Å². The first kappa shape index (κ1) is 18.6. The molecule has 0 fully saturated rings. The molecule has 1 aliphatic carbocycles. The Labute approximate surface area is 169 Å². The van der Waals surface area contributed by atoms with Crippen LogP contribution in [0.4, 0.5) is 0 Å². The first-order valence-electron chi connectivity index (χ1n) is 9.40. The van der Waals surface area contributed by atoms with Crippen molar-refractivity contribution in [2.24, 2.45) is 7.05 Å². The van der Waals surface area contributed by atoms with Crippen LogP contribution in [0.1, 0.15) is 46.1 Å². The maximum absolute atomic E-state index is 13.0. The van der Waals surface area contributed by atoms with Gasteiger partial charge in [0.2, 0.25) is 0 Å². The molecule has 0 bridgehead atoms. The summed E-state index contributed by atoms with van der Waals surface area (Å²) in [5.41, 5.74) is 3.84. The Balaban J connectivity index is 1.48. The summed E-state index contributed by atoms with van der Waals surface area (Å²) in [6, 6.07) is 14.8. The van der Waals surface area contributed by atoms with Crippen LogP contribution in [0.2, 0.25) is 5.02 Å². The number of hydrogen-bond donors (Lipinski definition) is 1. The zero-order valence-electron chi connectivity index (χ0n) is 15.7. The molecule has 6 heteroatoms. The normalized spacial score (nSPS) is 15.7. The van der Waals surface area contributed by atoms with Crippen molar-refractivity contribution in [1.82, 2.24) is 15.1 Å². The Morgan fingerprint density at radius 3 is 2.86 bits per heavy atom.